The van der Waals surface area contributed by atoms with Crippen LogP contribution in [0.5, 0.6) is 0 Å². The second-order valence-electron chi connectivity index (χ2n) is 18.7. The quantitative estimate of drug-likeness (QED) is 0.0440. The van der Waals surface area contributed by atoms with Crippen LogP contribution in [-0.4, -0.2) is 164 Å². The number of hydrogen-bond acceptors (Lipinski definition) is 15. The summed E-state index contributed by atoms with van der Waals surface area (Å²) >= 11 is 0. The largest absolute Gasteiger partial charge is 0.481 e. The van der Waals surface area contributed by atoms with Gasteiger partial charge in [0.15, 0.2) is 0 Å². The van der Waals surface area contributed by atoms with Crippen molar-refractivity contribution in [2.75, 3.05) is 24.7 Å². The first-order chi connectivity index (χ1) is 37.2. The number of hydrogen-bond donors (Lipinski definition) is 14. The monoisotopic (exact) mass is 1120 g/mol. The van der Waals surface area contributed by atoms with E-state index in [1.165, 1.54) is 20.8 Å². The number of unbranched alkanes of at least 4 members (excludes halogenated alkanes) is 1. The van der Waals surface area contributed by atoms with E-state index in [1.807, 2.05) is 30.3 Å². The fraction of sp³-hybridized carbons (Fsp3) is 0.453. The molecule has 5 rings (SSSR count). The predicted molar refractivity (Wildman–Crippen MR) is 295 cm³/mol. The van der Waals surface area contributed by atoms with Gasteiger partial charge in [0.1, 0.15) is 36.3 Å². The van der Waals surface area contributed by atoms with Gasteiger partial charge in [-0.2, -0.15) is 0 Å². The molecule has 8 amide bonds. The molecule has 2 heterocycles. The number of nitrogens with two attached hydrogens (primary N) is 1. The third kappa shape index (κ3) is 21.4. The highest BCUT2D eigenvalue weighted by atomic mass is 33.1. The molecule has 1 aromatic heterocycles. The van der Waals surface area contributed by atoms with Crippen LogP contribution >= 0.6 is 21.6 Å². The van der Waals surface area contributed by atoms with Gasteiger partial charge in [-0.05, 0) is 62.3 Å². The first kappa shape index (κ1) is 63.5. The number of benzene rings is 3. The Balaban J connectivity index is 0.00000317. The van der Waals surface area contributed by atoms with E-state index in [0.717, 1.165) is 45.0 Å². The number of aromatic amines is 1. The van der Waals surface area contributed by atoms with E-state index < -0.39 is 114 Å². The Morgan fingerprint density at radius 1 is 0.705 bits per heavy atom. The van der Waals surface area contributed by atoms with Crippen LogP contribution < -0.4 is 48.3 Å². The van der Waals surface area contributed by atoms with E-state index in [0.29, 0.717) is 17.5 Å². The van der Waals surface area contributed by atoms with Gasteiger partial charge in [0.2, 0.25) is 47.3 Å². The number of aliphatic hydroxyl groups excluding tert-OH is 3. The highest BCUT2D eigenvalue weighted by molar-refractivity contribution is 8.76. The molecule has 10 atom stereocenters. The molecule has 1 aliphatic heterocycles. The molecule has 23 nitrogen and oxygen atoms in total. The molecule has 3 aromatic carbocycles. The van der Waals surface area contributed by atoms with E-state index in [-0.39, 0.29) is 56.1 Å². The van der Waals surface area contributed by atoms with Gasteiger partial charge in [0, 0.05) is 61.8 Å². The van der Waals surface area contributed by atoms with Crippen LogP contribution in [0, 0.1) is 0 Å². The normalized spacial score (nSPS) is 21.5. The predicted octanol–water partition coefficient (Wildman–Crippen LogP) is -0.537. The number of rotatable bonds is 18. The molecule has 25 heteroatoms. The Morgan fingerprint density at radius 2 is 1.27 bits per heavy atom. The van der Waals surface area contributed by atoms with Gasteiger partial charge in [0.25, 0.3) is 5.97 Å². The Kier molecular flexibility index (Phi) is 26.6. The van der Waals surface area contributed by atoms with Crippen molar-refractivity contribution in [1.82, 2.24) is 47.5 Å². The average Bonchev–Trinajstić information content (AvgIpc) is 3.81. The summed E-state index contributed by atoms with van der Waals surface area (Å²) in [4.78, 5) is 124. The Morgan fingerprint density at radius 3 is 1.88 bits per heavy atom. The molecule has 424 valence electrons. The molecule has 4 aromatic rings. The lowest BCUT2D eigenvalue weighted by molar-refractivity contribution is -0.136. The lowest BCUT2D eigenvalue weighted by Gasteiger charge is -2.29. The zero-order valence-corrected chi connectivity index (χ0v) is 45.5. The molecular weight excluding hydrogens is 1050 g/mol. The van der Waals surface area contributed by atoms with Crippen LogP contribution in [0.3, 0.4) is 0 Å². The van der Waals surface area contributed by atoms with Crippen molar-refractivity contribution in [2.24, 2.45) is 5.73 Å². The molecule has 0 spiro atoms. The standard InChI is InChI=1S/C51H68N10O11S2.C2H4O2/c1-29(63)41(26-62)58-50(71)43-28-74-73-27-42(59-45(66)36(52)22-32-14-6-4-7-15-32)49(70)56-39(23-33-16-8-5-9-17-33)47(68)57-40(24-34-25-54-37-19-11-10-18-35(34)37)48(69)55-38(20-12-13-21-53-31(3)65)46(67)61-44(30(2)64)51(72)60-43;1-2(3)4/h4-11,14-19,25,29-30,36,38-44,54,62-64H,12-13,20-24,26-28,52H2,1-3H3,(H,53,65)(H,55,69)(H,56,70)(H,57,68)(H,58,71)(H,59,66)(H,60,72)(H,61,67);1H3,(H,3,4)/t29-,30-,36-,38+,39+,40-,41-,42+,43+,44+;/m1./s1. The van der Waals surface area contributed by atoms with Gasteiger partial charge >= 0.3 is 0 Å². The molecule has 78 heavy (non-hydrogen) atoms. The number of aromatic nitrogens is 1. The fourth-order valence-electron chi connectivity index (χ4n) is 7.97. The first-order valence-electron chi connectivity index (χ1n) is 25.3. The number of carboxylic acid groups (broad SMARTS) is 1. The molecule has 0 saturated carbocycles. The number of carboxylic acids is 1. The summed E-state index contributed by atoms with van der Waals surface area (Å²) in [7, 11) is 2.04. The number of aliphatic hydroxyl groups is 3. The lowest BCUT2D eigenvalue weighted by atomic mass is 10.0. The Labute approximate surface area is 459 Å². The Bertz CT molecular complexity index is 2620. The molecular formula is C53H72N10O13S2. The van der Waals surface area contributed by atoms with Gasteiger partial charge in [-0.15, -0.1) is 0 Å². The second kappa shape index (κ2) is 32.6. The van der Waals surface area contributed by atoms with Gasteiger partial charge in [0.05, 0.1) is 30.9 Å². The number of fused-ring (bicyclic) bond motifs is 1. The molecule has 0 unspecified atom stereocenters. The summed E-state index contributed by atoms with van der Waals surface area (Å²) in [6.07, 6.45) is -0.503. The van der Waals surface area contributed by atoms with Gasteiger partial charge in [-0.3, -0.25) is 43.2 Å². The van der Waals surface area contributed by atoms with Gasteiger partial charge in [-0.1, -0.05) is 100 Å². The maximum Gasteiger partial charge on any atom is 0.300 e. The van der Waals surface area contributed by atoms with Crippen molar-refractivity contribution < 1.29 is 63.6 Å². The Hall–Kier alpha value is -7.03. The maximum atomic E-state index is 14.8. The van der Waals surface area contributed by atoms with E-state index in [2.05, 4.69) is 47.5 Å². The molecule has 0 radical (unpaired) electrons. The number of carbonyl (C=O) groups excluding carboxylic acids is 8. The topological polar surface area (TPSA) is 373 Å². The molecule has 0 bridgehead atoms. The van der Waals surface area contributed by atoms with E-state index in [9.17, 15) is 53.7 Å². The van der Waals surface area contributed by atoms with Crippen molar-refractivity contribution >= 4 is 85.7 Å². The molecule has 1 aliphatic rings. The number of nitrogens with one attached hydrogen (secondary N) is 9. The smallest absolute Gasteiger partial charge is 0.300 e. The van der Waals surface area contributed by atoms with E-state index in [1.54, 1.807) is 60.8 Å². The third-order valence-corrected chi connectivity index (χ3v) is 14.6. The van der Waals surface area contributed by atoms with Crippen molar-refractivity contribution in [3.8, 4) is 0 Å². The molecule has 1 saturated heterocycles. The highest BCUT2D eigenvalue weighted by Gasteiger charge is 2.36. The van der Waals surface area contributed by atoms with E-state index >= 15 is 0 Å². The first-order valence-corrected chi connectivity index (χ1v) is 27.8. The van der Waals surface area contributed by atoms with Crippen molar-refractivity contribution in [1.29, 1.82) is 0 Å². The number of carbonyl (C=O) groups is 9. The maximum absolute atomic E-state index is 14.8. The minimum Gasteiger partial charge on any atom is -0.481 e. The summed E-state index contributed by atoms with van der Waals surface area (Å²) in [5.41, 5.74) is 9.16. The number of amides is 8. The average molecular weight is 1120 g/mol. The third-order valence-electron chi connectivity index (χ3n) is 12.2. The van der Waals surface area contributed by atoms with Gasteiger partial charge < -0.3 is 73.7 Å². The highest BCUT2D eigenvalue weighted by Crippen LogP contribution is 2.24. The summed E-state index contributed by atoms with van der Waals surface area (Å²) in [5, 5.41) is 60.7. The fourth-order valence-corrected chi connectivity index (χ4v) is 10.3. The van der Waals surface area contributed by atoms with Crippen LogP contribution in [0.25, 0.3) is 10.9 Å². The second-order valence-corrected chi connectivity index (χ2v) is 21.2. The lowest BCUT2D eigenvalue weighted by Crippen LogP contribution is -2.62. The summed E-state index contributed by atoms with van der Waals surface area (Å²) in [5.74, 6) is -7.30. The summed E-state index contributed by atoms with van der Waals surface area (Å²) in [6, 6.07) is 14.3. The minimum atomic E-state index is -1.70. The van der Waals surface area contributed by atoms with E-state index in [4.69, 9.17) is 15.6 Å². The SMILES string of the molecule is CC(=O)NCCCC[C@@H]1NC(=O)[C@@H](Cc2c[nH]c3ccccc23)NC(=O)[C@H](Cc2ccccc2)NC(=O)[C@@H](NC(=O)[C@H](N)Cc2ccccc2)CSSC[C@@H](C(=O)N[C@H](CO)[C@@H](C)O)NC(=O)[C@H]([C@@H](C)O)NC1=O.CC(=O)O. The van der Waals surface area contributed by atoms with Crippen molar-refractivity contribution in [3.05, 3.63) is 108 Å². The van der Waals surface area contributed by atoms with Crippen LogP contribution in [-0.2, 0) is 62.4 Å². The zero-order chi connectivity index (χ0) is 57.3. The minimum absolute atomic E-state index is 0.0331. The summed E-state index contributed by atoms with van der Waals surface area (Å²) in [6.45, 7) is 4.61. The molecule has 1 fully saturated rings. The van der Waals surface area contributed by atoms with Crippen LogP contribution in [0.2, 0.25) is 0 Å². The van der Waals surface area contributed by atoms with Crippen molar-refractivity contribution in [2.45, 2.75) is 127 Å². The number of para-hydroxylation sites is 1. The van der Waals surface area contributed by atoms with Crippen LogP contribution in [0.1, 0.15) is 63.6 Å². The van der Waals surface area contributed by atoms with Crippen LogP contribution in [0.4, 0.5) is 0 Å². The molecule has 15 N–H and O–H groups in total. The molecule has 0 aliphatic carbocycles. The zero-order valence-electron chi connectivity index (χ0n) is 43.9. The summed E-state index contributed by atoms with van der Waals surface area (Å²) < 4.78 is 0. The number of H-pyrrole nitrogens is 1. The van der Waals surface area contributed by atoms with Gasteiger partial charge in [-0.25, -0.2) is 0 Å². The van der Waals surface area contributed by atoms with Crippen LogP contribution in [0.15, 0.2) is 91.1 Å². The number of aliphatic carboxylic acids is 1. The van der Waals surface area contributed by atoms with Crippen molar-refractivity contribution in [3.63, 3.8) is 0 Å².